The molecule has 0 bridgehead atoms. The quantitative estimate of drug-likeness (QED) is 0.820. The van der Waals surface area contributed by atoms with Crippen LogP contribution in [-0.4, -0.2) is 32.8 Å². The maximum atomic E-state index is 11.5. The van der Waals surface area contributed by atoms with E-state index in [0.29, 0.717) is 23.9 Å². The van der Waals surface area contributed by atoms with Crippen LogP contribution in [0.2, 0.25) is 15.1 Å². The van der Waals surface area contributed by atoms with Crippen molar-refractivity contribution in [3.63, 3.8) is 0 Å². The van der Waals surface area contributed by atoms with E-state index in [1.807, 2.05) is 0 Å². The molecule has 0 unspecified atom stereocenters. The SMILES string of the molecule is COCCOCC(=O)Nc1c(Cl)cc(Cl)cc1Cl. The highest BCUT2D eigenvalue weighted by Crippen LogP contribution is 2.33. The van der Waals surface area contributed by atoms with E-state index in [1.54, 1.807) is 7.11 Å². The molecule has 0 atom stereocenters. The first-order valence-electron chi connectivity index (χ1n) is 5.05. The highest BCUT2D eigenvalue weighted by Gasteiger charge is 2.11. The zero-order valence-corrected chi connectivity index (χ0v) is 11.9. The number of anilines is 1. The molecule has 0 saturated heterocycles. The summed E-state index contributed by atoms with van der Waals surface area (Å²) in [7, 11) is 1.55. The van der Waals surface area contributed by atoms with Crippen LogP contribution >= 0.6 is 34.8 Å². The Hall–Kier alpha value is -0.520. The van der Waals surface area contributed by atoms with Crippen LogP contribution in [0, 0.1) is 0 Å². The summed E-state index contributed by atoms with van der Waals surface area (Å²) >= 11 is 17.6. The van der Waals surface area contributed by atoms with Crippen LogP contribution in [0.4, 0.5) is 5.69 Å². The maximum absolute atomic E-state index is 11.5. The molecule has 0 aliphatic rings. The van der Waals surface area contributed by atoms with Crippen LogP contribution < -0.4 is 5.32 Å². The van der Waals surface area contributed by atoms with Crippen molar-refractivity contribution in [1.29, 1.82) is 0 Å². The van der Waals surface area contributed by atoms with Gasteiger partial charge in [-0.15, -0.1) is 0 Å². The molecule has 100 valence electrons. The van der Waals surface area contributed by atoms with E-state index in [4.69, 9.17) is 44.3 Å². The van der Waals surface area contributed by atoms with Crippen LogP contribution in [-0.2, 0) is 14.3 Å². The molecule has 1 amide bonds. The summed E-state index contributed by atoms with van der Waals surface area (Å²) in [6, 6.07) is 2.99. The van der Waals surface area contributed by atoms with Crippen molar-refractivity contribution in [2.24, 2.45) is 0 Å². The summed E-state index contributed by atoms with van der Waals surface area (Å²) in [4.78, 5) is 11.5. The lowest BCUT2D eigenvalue weighted by Gasteiger charge is -2.10. The van der Waals surface area contributed by atoms with Gasteiger partial charge >= 0.3 is 0 Å². The van der Waals surface area contributed by atoms with Crippen molar-refractivity contribution < 1.29 is 14.3 Å². The Kier molecular flexibility index (Phi) is 6.75. The van der Waals surface area contributed by atoms with Crippen LogP contribution in [0.1, 0.15) is 0 Å². The van der Waals surface area contributed by atoms with Gasteiger partial charge in [0.1, 0.15) is 6.61 Å². The molecule has 0 aromatic heterocycles. The number of carbonyl (C=O) groups excluding carboxylic acids is 1. The summed E-state index contributed by atoms with van der Waals surface area (Å²) in [5, 5.41) is 3.51. The van der Waals surface area contributed by atoms with E-state index in [0.717, 1.165) is 0 Å². The van der Waals surface area contributed by atoms with E-state index in [1.165, 1.54) is 12.1 Å². The molecule has 0 spiro atoms. The maximum Gasteiger partial charge on any atom is 0.250 e. The number of methoxy groups -OCH3 is 1. The lowest BCUT2D eigenvalue weighted by molar-refractivity contribution is -0.121. The summed E-state index contributed by atoms with van der Waals surface area (Å²) in [6.45, 7) is 0.667. The second kappa shape index (κ2) is 7.81. The van der Waals surface area contributed by atoms with Crippen LogP contribution in [0.15, 0.2) is 12.1 Å². The standard InChI is InChI=1S/C11H12Cl3NO3/c1-17-2-3-18-6-10(16)15-11-8(13)4-7(12)5-9(11)14/h4-5H,2-3,6H2,1H3,(H,15,16). The summed E-state index contributed by atoms with van der Waals surface area (Å²) in [5.41, 5.74) is 0.322. The van der Waals surface area contributed by atoms with Gasteiger partial charge < -0.3 is 14.8 Å². The number of carbonyl (C=O) groups is 1. The fourth-order valence-corrected chi connectivity index (χ4v) is 2.06. The van der Waals surface area contributed by atoms with E-state index < -0.39 is 0 Å². The molecule has 1 aromatic carbocycles. The highest BCUT2D eigenvalue weighted by atomic mass is 35.5. The first-order chi connectivity index (χ1) is 8.54. The Morgan fingerprint density at radius 3 is 2.39 bits per heavy atom. The molecule has 0 heterocycles. The normalized spacial score (nSPS) is 10.4. The number of nitrogens with one attached hydrogen (secondary N) is 1. The van der Waals surface area contributed by atoms with E-state index in [-0.39, 0.29) is 22.6 Å². The second-order valence-electron chi connectivity index (χ2n) is 3.34. The highest BCUT2D eigenvalue weighted by molar-refractivity contribution is 6.42. The molecule has 0 fully saturated rings. The molecule has 1 N–H and O–H groups in total. The van der Waals surface area contributed by atoms with Crippen LogP contribution in [0.3, 0.4) is 0 Å². The predicted molar refractivity (Wildman–Crippen MR) is 72.8 cm³/mol. The topological polar surface area (TPSA) is 47.6 Å². The van der Waals surface area contributed by atoms with Gasteiger partial charge in [-0.3, -0.25) is 4.79 Å². The van der Waals surface area contributed by atoms with Gasteiger partial charge in [0.2, 0.25) is 5.91 Å². The van der Waals surface area contributed by atoms with Gasteiger partial charge in [-0.1, -0.05) is 34.8 Å². The van der Waals surface area contributed by atoms with Gasteiger partial charge in [-0.2, -0.15) is 0 Å². The average molecular weight is 313 g/mol. The molecular formula is C11H12Cl3NO3. The van der Waals surface area contributed by atoms with Crippen molar-refractivity contribution in [1.82, 2.24) is 0 Å². The summed E-state index contributed by atoms with van der Waals surface area (Å²) in [5.74, 6) is -0.350. The fraction of sp³-hybridized carbons (Fsp3) is 0.364. The zero-order chi connectivity index (χ0) is 13.5. The van der Waals surface area contributed by atoms with E-state index in [9.17, 15) is 4.79 Å². The molecule has 18 heavy (non-hydrogen) atoms. The van der Waals surface area contributed by atoms with Crippen molar-refractivity contribution in [2.45, 2.75) is 0 Å². The van der Waals surface area contributed by atoms with Crippen molar-refractivity contribution in [3.8, 4) is 0 Å². The Morgan fingerprint density at radius 1 is 1.22 bits per heavy atom. The minimum Gasteiger partial charge on any atom is -0.382 e. The van der Waals surface area contributed by atoms with Crippen molar-refractivity contribution >= 4 is 46.4 Å². The molecule has 4 nitrogen and oxygen atoms in total. The van der Waals surface area contributed by atoms with Gasteiger partial charge in [-0.25, -0.2) is 0 Å². The minimum absolute atomic E-state index is 0.0986. The lowest BCUT2D eigenvalue weighted by atomic mass is 10.3. The number of rotatable bonds is 6. The number of halogens is 3. The van der Waals surface area contributed by atoms with Gasteiger partial charge in [0.25, 0.3) is 0 Å². The number of benzene rings is 1. The smallest absolute Gasteiger partial charge is 0.250 e. The van der Waals surface area contributed by atoms with Crippen LogP contribution in [0.25, 0.3) is 0 Å². The Balaban J connectivity index is 2.54. The van der Waals surface area contributed by atoms with E-state index >= 15 is 0 Å². The minimum atomic E-state index is -0.350. The molecule has 1 rings (SSSR count). The van der Waals surface area contributed by atoms with Gasteiger partial charge in [0.05, 0.1) is 28.9 Å². The Morgan fingerprint density at radius 2 is 1.83 bits per heavy atom. The van der Waals surface area contributed by atoms with Gasteiger partial charge in [-0.05, 0) is 12.1 Å². The van der Waals surface area contributed by atoms with Gasteiger partial charge in [0, 0.05) is 12.1 Å². The number of hydrogen-bond acceptors (Lipinski definition) is 3. The third-order valence-electron chi connectivity index (χ3n) is 1.94. The Labute approximate surface area is 120 Å². The summed E-state index contributed by atoms with van der Waals surface area (Å²) in [6.07, 6.45) is 0. The third-order valence-corrected chi connectivity index (χ3v) is 2.75. The van der Waals surface area contributed by atoms with Crippen molar-refractivity contribution in [2.75, 3.05) is 32.2 Å². The molecular weight excluding hydrogens is 300 g/mol. The molecule has 7 heteroatoms. The molecule has 0 radical (unpaired) electrons. The first-order valence-corrected chi connectivity index (χ1v) is 6.19. The predicted octanol–water partition coefficient (Wildman–Crippen LogP) is 3.25. The van der Waals surface area contributed by atoms with Gasteiger partial charge in [0.15, 0.2) is 0 Å². The zero-order valence-electron chi connectivity index (χ0n) is 9.63. The van der Waals surface area contributed by atoms with Crippen LogP contribution in [0.5, 0.6) is 0 Å². The molecule has 0 saturated carbocycles. The Bertz CT molecular complexity index is 403. The van der Waals surface area contributed by atoms with Crippen molar-refractivity contribution in [3.05, 3.63) is 27.2 Å². The second-order valence-corrected chi connectivity index (χ2v) is 4.59. The number of ether oxygens (including phenoxy) is 2. The largest absolute Gasteiger partial charge is 0.382 e. The summed E-state index contributed by atoms with van der Waals surface area (Å²) < 4.78 is 9.84. The average Bonchev–Trinajstić information content (AvgIpc) is 2.29. The number of amides is 1. The lowest BCUT2D eigenvalue weighted by Crippen LogP contribution is -2.20. The molecule has 0 aliphatic carbocycles. The molecule has 0 aliphatic heterocycles. The third kappa shape index (κ3) is 5.00. The number of hydrogen-bond donors (Lipinski definition) is 1. The fourth-order valence-electron chi connectivity index (χ4n) is 1.14. The molecule has 1 aromatic rings. The monoisotopic (exact) mass is 311 g/mol. The van der Waals surface area contributed by atoms with E-state index in [2.05, 4.69) is 5.32 Å². The first kappa shape index (κ1) is 15.5.